The van der Waals surface area contributed by atoms with Gasteiger partial charge >= 0.3 is 0 Å². The molecule has 0 amide bonds. The third-order valence-corrected chi connectivity index (χ3v) is 1.82. The Hall–Kier alpha value is -0.0800. The molecular weight excluding hydrogens is 102 g/mol. The Kier molecular flexibility index (Phi) is 1.54. The Morgan fingerprint density at radius 3 is 2.25 bits per heavy atom. The average Bonchev–Trinajstić information content (AvgIpc) is 1.98. The van der Waals surface area contributed by atoms with Crippen LogP contribution in [0.15, 0.2) is 0 Å². The number of rotatable bonds is 0. The minimum absolute atomic E-state index is 0.259. The van der Waals surface area contributed by atoms with Crippen molar-refractivity contribution < 1.29 is 4.74 Å². The highest BCUT2D eigenvalue weighted by Gasteiger charge is 2.27. The molecule has 0 radical (unpaired) electrons. The fourth-order valence-corrected chi connectivity index (χ4v) is 0.988. The van der Waals surface area contributed by atoms with Crippen LogP contribution in [0.2, 0.25) is 0 Å². The van der Waals surface area contributed by atoms with E-state index in [1.54, 1.807) is 0 Å². The fraction of sp³-hybridized carbons (Fsp3) is 1.00. The van der Waals surface area contributed by atoms with Crippen LogP contribution < -0.4 is 5.73 Å². The summed E-state index contributed by atoms with van der Waals surface area (Å²) < 4.78 is 5.25. The van der Waals surface area contributed by atoms with E-state index in [0.29, 0.717) is 5.92 Å². The van der Waals surface area contributed by atoms with Crippen molar-refractivity contribution in [2.45, 2.75) is 26.0 Å². The van der Waals surface area contributed by atoms with E-state index in [2.05, 4.69) is 6.92 Å². The monoisotopic (exact) mass is 115 g/mol. The van der Waals surface area contributed by atoms with Gasteiger partial charge in [-0.15, -0.1) is 0 Å². The molecule has 2 nitrogen and oxygen atoms in total. The lowest BCUT2D eigenvalue weighted by atomic mass is 10.0. The lowest BCUT2D eigenvalue weighted by Crippen LogP contribution is -2.32. The Morgan fingerprint density at radius 2 is 2.12 bits per heavy atom. The SMILES string of the molecule is CC1COC(C)C1N. The number of ether oxygens (including phenoxy) is 1. The normalized spacial score (nSPS) is 47.6. The molecule has 8 heavy (non-hydrogen) atoms. The largest absolute Gasteiger partial charge is 0.377 e. The predicted molar refractivity (Wildman–Crippen MR) is 32.6 cm³/mol. The zero-order valence-corrected chi connectivity index (χ0v) is 5.42. The molecule has 3 unspecified atom stereocenters. The molecule has 0 aromatic heterocycles. The summed E-state index contributed by atoms with van der Waals surface area (Å²) in [4.78, 5) is 0. The molecule has 0 bridgehead atoms. The Morgan fingerprint density at radius 1 is 1.50 bits per heavy atom. The predicted octanol–water partition coefficient (Wildman–Crippen LogP) is 0.369. The summed E-state index contributed by atoms with van der Waals surface area (Å²) in [6.07, 6.45) is 0.269. The molecule has 0 aromatic rings. The minimum atomic E-state index is 0.259. The maximum atomic E-state index is 5.70. The van der Waals surface area contributed by atoms with Crippen LogP contribution in [0.5, 0.6) is 0 Å². The van der Waals surface area contributed by atoms with Gasteiger partial charge in [0.05, 0.1) is 12.7 Å². The molecule has 2 heteroatoms. The van der Waals surface area contributed by atoms with Crippen LogP contribution in [0.1, 0.15) is 13.8 Å². The van der Waals surface area contributed by atoms with E-state index in [1.807, 2.05) is 6.92 Å². The van der Waals surface area contributed by atoms with Crippen LogP contribution in [0.4, 0.5) is 0 Å². The first-order valence-electron chi connectivity index (χ1n) is 3.09. The van der Waals surface area contributed by atoms with E-state index >= 15 is 0 Å². The molecular formula is C6H13NO. The van der Waals surface area contributed by atoms with Gasteiger partial charge in [0.25, 0.3) is 0 Å². The molecule has 3 atom stereocenters. The van der Waals surface area contributed by atoms with Gasteiger partial charge in [0.15, 0.2) is 0 Å². The zero-order chi connectivity index (χ0) is 6.15. The van der Waals surface area contributed by atoms with Crippen LogP contribution >= 0.6 is 0 Å². The first kappa shape index (κ1) is 6.05. The molecule has 0 aromatic carbocycles. The smallest absolute Gasteiger partial charge is 0.0701 e. The molecule has 48 valence electrons. The summed E-state index contributed by atoms with van der Waals surface area (Å²) in [6.45, 7) is 4.98. The second kappa shape index (κ2) is 2.03. The summed E-state index contributed by atoms with van der Waals surface area (Å²) in [5.41, 5.74) is 5.70. The second-order valence-corrected chi connectivity index (χ2v) is 2.59. The lowest BCUT2D eigenvalue weighted by molar-refractivity contribution is 0.116. The third kappa shape index (κ3) is 0.858. The van der Waals surface area contributed by atoms with Gasteiger partial charge < -0.3 is 10.5 Å². The molecule has 0 saturated carbocycles. The molecule has 1 aliphatic rings. The first-order chi connectivity index (χ1) is 3.72. The molecule has 2 N–H and O–H groups in total. The molecule has 1 aliphatic heterocycles. The van der Waals surface area contributed by atoms with Crippen LogP contribution in [0.25, 0.3) is 0 Å². The van der Waals surface area contributed by atoms with Crippen molar-refractivity contribution in [1.82, 2.24) is 0 Å². The highest BCUT2D eigenvalue weighted by atomic mass is 16.5. The van der Waals surface area contributed by atoms with Crippen molar-refractivity contribution in [2.75, 3.05) is 6.61 Å². The van der Waals surface area contributed by atoms with Gasteiger partial charge in [-0.05, 0) is 12.8 Å². The summed E-state index contributed by atoms with van der Waals surface area (Å²) in [5, 5.41) is 0. The van der Waals surface area contributed by atoms with Crippen molar-refractivity contribution in [3.63, 3.8) is 0 Å². The van der Waals surface area contributed by atoms with Crippen LogP contribution in [0.3, 0.4) is 0 Å². The standard InChI is InChI=1S/C6H13NO/c1-4-3-8-5(2)6(4)7/h4-6H,3,7H2,1-2H3. The van der Waals surface area contributed by atoms with Gasteiger partial charge in [-0.25, -0.2) is 0 Å². The molecule has 1 rings (SSSR count). The third-order valence-electron chi connectivity index (χ3n) is 1.82. The van der Waals surface area contributed by atoms with Crippen molar-refractivity contribution in [1.29, 1.82) is 0 Å². The fourth-order valence-electron chi connectivity index (χ4n) is 0.988. The van der Waals surface area contributed by atoms with Gasteiger partial charge in [-0.2, -0.15) is 0 Å². The molecule has 1 fully saturated rings. The lowest BCUT2D eigenvalue weighted by Gasteiger charge is -2.09. The quantitative estimate of drug-likeness (QED) is 0.495. The van der Waals surface area contributed by atoms with Gasteiger partial charge in [-0.1, -0.05) is 6.92 Å². The Balaban J connectivity index is 2.44. The number of nitrogens with two attached hydrogens (primary N) is 1. The summed E-state index contributed by atoms with van der Waals surface area (Å²) in [7, 11) is 0. The van der Waals surface area contributed by atoms with Gasteiger partial charge in [-0.3, -0.25) is 0 Å². The van der Waals surface area contributed by atoms with Gasteiger partial charge in [0.2, 0.25) is 0 Å². The van der Waals surface area contributed by atoms with E-state index < -0.39 is 0 Å². The molecule has 1 heterocycles. The summed E-state index contributed by atoms with van der Waals surface area (Å²) in [5.74, 6) is 0.546. The average molecular weight is 115 g/mol. The van der Waals surface area contributed by atoms with Crippen molar-refractivity contribution >= 4 is 0 Å². The number of hydrogen-bond donors (Lipinski definition) is 1. The topological polar surface area (TPSA) is 35.2 Å². The molecule has 0 aliphatic carbocycles. The van der Waals surface area contributed by atoms with E-state index in [0.717, 1.165) is 6.61 Å². The first-order valence-corrected chi connectivity index (χ1v) is 3.09. The van der Waals surface area contributed by atoms with E-state index in [9.17, 15) is 0 Å². The maximum absolute atomic E-state index is 5.70. The number of hydrogen-bond acceptors (Lipinski definition) is 2. The second-order valence-electron chi connectivity index (χ2n) is 2.59. The molecule has 1 saturated heterocycles. The van der Waals surface area contributed by atoms with E-state index in [1.165, 1.54) is 0 Å². The van der Waals surface area contributed by atoms with Crippen LogP contribution in [-0.2, 0) is 4.74 Å². The van der Waals surface area contributed by atoms with Crippen molar-refractivity contribution in [3.05, 3.63) is 0 Å². The van der Waals surface area contributed by atoms with Crippen LogP contribution in [-0.4, -0.2) is 18.8 Å². The summed E-state index contributed by atoms with van der Waals surface area (Å²) >= 11 is 0. The van der Waals surface area contributed by atoms with Gasteiger partial charge in [0.1, 0.15) is 0 Å². The Bertz CT molecular complexity index is 74.6. The highest BCUT2D eigenvalue weighted by Crippen LogP contribution is 2.16. The molecule has 0 spiro atoms. The highest BCUT2D eigenvalue weighted by molar-refractivity contribution is 4.80. The Labute approximate surface area is 50.0 Å². The zero-order valence-electron chi connectivity index (χ0n) is 5.42. The van der Waals surface area contributed by atoms with E-state index in [4.69, 9.17) is 10.5 Å². The summed E-state index contributed by atoms with van der Waals surface area (Å²) in [6, 6.07) is 0.259. The van der Waals surface area contributed by atoms with Crippen LogP contribution in [0, 0.1) is 5.92 Å². The van der Waals surface area contributed by atoms with Crippen molar-refractivity contribution in [3.8, 4) is 0 Å². The minimum Gasteiger partial charge on any atom is -0.377 e. The van der Waals surface area contributed by atoms with Gasteiger partial charge in [0, 0.05) is 6.04 Å². The van der Waals surface area contributed by atoms with E-state index in [-0.39, 0.29) is 12.1 Å². The van der Waals surface area contributed by atoms with Crippen molar-refractivity contribution in [2.24, 2.45) is 11.7 Å². The maximum Gasteiger partial charge on any atom is 0.0701 e.